The SMILES string of the molecule is Cc1ccc(CCNC(=O)c2c(C)ccn(CC3CCCO3)c2=O)s1. The molecule has 0 radical (unpaired) electrons. The lowest BCUT2D eigenvalue weighted by atomic mass is 10.1. The molecule has 1 saturated heterocycles. The van der Waals surface area contributed by atoms with Crippen LogP contribution in [-0.2, 0) is 17.7 Å². The van der Waals surface area contributed by atoms with Crippen LogP contribution in [0.5, 0.6) is 0 Å². The van der Waals surface area contributed by atoms with E-state index in [1.807, 2.05) is 6.07 Å². The molecule has 1 unspecified atom stereocenters. The molecule has 1 aliphatic rings. The Morgan fingerprint density at radius 2 is 2.20 bits per heavy atom. The summed E-state index contributed by atoms with van der Waals surface area (Å²) in [5.74, 6) is -0.294. The summed E-state index contributed by atoms with van der Waals surface area (Å²) in [5.41, 5.74) is 0.709. The molecule has 1 atom stereocenters. The Labute approximate surface area is 151 Å². The van der Waals surface area contributed by atoms with Gasteiger partial charge >= 0.3 is 0 Å². The number of hydrogen-bond donors (Lipinski definition) is 1. The van der Waals surface area contributed by atoms with Crippen molar-refractivity contribution in [2.45, 2.75) is 45.8 Å². The number of aromatic nitrogens is 1. The molecule has 0 aromatic carbocycles. The van der Waals surface area contributed by atoms with Gasteiger partial charge in [-0.25, -0.2) is 0 Å². The first-order valence-corrected chi connectivity index (χ1v) is 9.51. The maximum atomic E-state index is 12.7. The predicted octanol–water partition coefficient (Wildman–Crippen LogP) is 2.68. The summed E-state index contributed by atoms with van der Waals surface area (Å²) < 4.78 is 7.20. The third kappa shape index (κ3) is 4.38. The number of aryl methyl sites for hydroxylation is 2. The number of thiophene rings is 1. The fourth-order valence-electron chi connectivity index (χ4n) is 3.10. The average Bonchev–Trinajstić information content (AvgIpc) is 3.22. The molecule has 25 heavy (non-hydrogen) atoms. The monoisotopic (exact) mass is 360 g/mol. The number of nitrogens with one attached hydrogen (secondary N) is 1. The Morgan fingerprint density at radius 1 is 1.36 bits per heavy atom. The van der Waals surface area contributed by atoms with Gasteiger partial charge < -0.3 is 14.6 Å². The van der Waals surface area contributed by atoms with Crippen molar-refractivity contribution < 1.29 is 9.53 Å². The van der Waals surface area contributed by atoms with Crippen molar-refractivity contribution in [3.63, 3.8) is 0 Å². The summed E-state index contributed by atoms with van der Waals surface area (Å²) in [6.07, 6.45) is 4.59. The topological polar surface area (TPSA) is 60.3 Å². The van der Waals surface area contributed by atoms with Crippen molar-refractivity contribution >= 4 is 17.2 Å². The van der Waals surface area contributed by atoms with Gasteiger partial charge in [-0.15, -0.1) is 11.3 Å². The zero-order valence-electron chi connectivity index (χ0n) is 14.7. The molecule has 1 amide bonds. The van der Waals surface area contributed by atoms with E-state index in [9.17, 15) is 9.59 Å². The molecule has 0 aliphatic carbocycles. The van der Waals surface area contributed by atoms with E-state index in [0.717, 1.165) is 25.9 Å². The number of carbonyl (C=O) groups is 1. The lowest BCUT2D eigenvalue weighted by Crippen LogP contribution is -2.36. The maximum Gasteiger partial charge on any atom is 0.263 e. The lowest BCUT2D eigenvalue weighted by Gasteiger charge is -2.14. The van der Waals surface area contributed by atoms with Gasteiger partial charge in [-0.1, -0.05) is 0 Å². The van der Waals surface area contributed by atoms with E-state index in [2.05, 4.69) is 24.4 Å². The normalized spacial score (nSPS) is 17.0. The number of hydrogen-bond acceptors (Lipinski definition) is 4. The molecule has 2 aromatic heterocycles. The highest BCUT2D eigenvalue weighted by Gasteiger charge is 2.20. The van der Waals surface area contributed by atoms with E-state index in [0.29, 0.717) is 18.7 Å². The molecule has 1 fully saturated rings. The molecule has 0 spiro atoms. The Bertz CT molecular complexity index is 803. The fraction of sp³-hybridized carbons (Fsp3) is 0.474. The zero-order chi connectivity index (χ0) is 17.8. The highest BCUT2D eigenvalue weighted by molar-refractivity contribution is 7.11. The van der Waals surface area contributed by atoms with Gasteiger partial charge in [-0.3, -0.25) is 9.59 Å². The van der Waals surface area contributed by atoms with E-state index in [1.165, 1.54) is 9.75 Å². The molecule has 0 saturated carbocycles. The molecular weight excluding hydrogens is 336 g/mol. The highest BCUT2D eigenvalue weighted by Crippen LogP contribution is 2.15. The first-order chi connectivity index (χ1) is 12.0. The molecule has 1 aliphatic heterocycles. The van der Waals surface area contributed by atoms with Gasteiger partial charge in [0.2, 0.25) is 0 Å². The second-order valence-electron chi connectivity index (χ2n) is 6.48. The van der Waals surface area contributed by atoms with Crippen LogP contribution in [0.25, 0.3) is 0 Å². The molecule has 1 N–H and O–H groups in total. The van der Waals surface area contributed by atoms with Crippen molar-refractivity contribution in [2.24, 2.45) is 0 Å². The summed E-state index contributed by atoms with van der Waals surface area (Å²) in [7, 11) is 0. The van der Waals surface area contributed by atoms with Crippen molar-refractivity contribution in [1.82, 2.24) is 9.88 Å². The summed E-state index contributed by atoms with van der Waals surface area (Å²) in [6.45, 7) is 5.65. The van der Waals surface area contributed by atoms with Crippen LogP contribution in [0.3, 0.4) is 0 Å². The quantitative estimate of drug-likeness (QED) is 0.862. The minimum absolute atomic E-state index is 0.0679. The molecular formula is C19H24N2O3S. The van der Waals surface area contributed by atoms with Crippen molar-refractivity contribution in [3.05, 3.63) is 55.6 Å². The molecule has 0 bridgehead atoms. The van der Waals surface area contributed by atoms with E-state index < -0.39 is 0 Å². The summed E-state index contributed by atoms with van der Waals surface area (Å²) in [6, 6.07) is 5.98. The van der Waals surface area contributed by atoms with E-state index in [-0.39, 0.29) is 23.1 Å². The maximum absolute atomic E-state index is 12.7. The number of nitrogens with zero attached hydrogens (tertiary/aromatic N) is 1. The minimum Gasteiger partial charge on any atom is -0.376 e. The first-order valence-electron chi connectivity index (χ1n) is 8.70. The van der Waals surface area contributed by atoms with Crippen LogP contribution in [0.4, 0.5) is 0 Å². The smallest absolute Gasteiger partial charge is 0.263 e. The largest absolute Gasteiger partial charge is 0.376 e. The van der Waals surface area contributed by atoms with E-state index in [1.54, 1.807) is 29.0 Å². The van der Waals surface area contributed by atoms with Crippen molar-refractivity contribution in [1.29, 1.82) is 0 Å². The molecule has 2 aromatic rings. The van der Waals surface area contributed by atoms with Crippen molar-refractivity contribution in [2.75, 3.05) is 13.2 Å². The average molecular weight is 360 g/mol. The van der Waals surface area contributed by atoms with Crippen LogP contribution < -0.4 is 10.9 Å². The second-order valence-corrected chi connectivity index (χ2v) is 7.86. The summed E-state index contributed by atoms with van der Waals surface area (Å²) in [4.78, 5) is 27.7. The number of amides is 1. The fourth-order valence-corrected chi connectivity index (χ4v) is 3.99. The predicted molar refractivity (Wildman–Crippen MR) is 99.5 cm³/mol. The number of rotatable bonds is 6. The Morgan fingerprint density at radius 3 is 2.88 bits per heavy atom. The molecule has 134 valence electrons. The van der Waals surface area contributed by atoms with Crippen LogP contribution in [0.2, 0.25) is 0 Å². The van der Waals surface area contributed by atoms with Gasteiger partial charge in [0.15, 0.2) is 0 Å². The van der Waals surface area contributed by atoms with Gasteiger partial charge in [0.05, 0.1) is 12.6 Å². The third-order valence-corrected chi connectivity index (χ3v) is 5.54. The van der Waals surface area contributed by atoms with Crippen LogP contribution in [0, 0.1) is 13.8 Å². The van der Waals surface area contributed by atoms with Crippen LogP contribution >= 0.6 is 11.3 Å². The van der Waals surface area contributed by atoms with Crippen LogP contribution in [0.15, 0.2) is 29.2 Å². The van der Waals surface area contributed by atoms with Gasteiger partial charge in [-0.2, -0.15) is 0 Å². The Kier molecular flexibility index (Phi) is 5.71. The second kappa shape index (κ2) is 7.97. The standard InChI is InChI=1S/C19H24N2O3S/c1-13-8-10-21(12-15-4-3-11-24-15)19(23)17(13)18(22)20-9-7-16-6-5-14(2)25-16/h5-6,8,10,15H,3-4,7,9,11-12H2,1-2H3,(H,20,22). The van der Waals surface area contributed by atoms with Crippen LogP contribution in [-0.4, -0.2) is 29.7 Å². The molecule has 6 heteroatoms. The molecule has 5 nitrogen and oxygen atoms in total. The van der Waals surface area contributed by atoms with Gasteiger partial charge in [0.25, 0.3) is 11.5 Å². The Hall–Kier alpha value is -1.92. The van der Waals surface area contributed by atoms with Gasteiger partial charge in [0, 0.05) is 29.1 Å². The number of ether oxygens (including phenoxy) is 1. The highest BCUT2D eigenvalue weighted by atomic mass is 32.1. The zero-order valence-corrected chi connectivity index (χ0v) is 15.5. The number of carbonyl (C=O) groups excluding carboxylic acids is 1. The Balaban J connectivity index is 1.67. The van der Waals surface area contributed by atoms with Crippen LogP contribution in [0.1, 0.15) is 38.5 Å². The van der Waals surface area contributed by atoms with E-state index >= 15 is 0 Å². The van der Waals surface area contributed by atoms with Gasteiger partial charge in [0.1, 0.15) is 5.56 Å². The van der Waals surface area contributed by atoms with E-state index in [4.69, 9.17) is 4.74 Å². The molecule has 3 heterocycles. The minimum atomic E-state index is -0.294. The number of pyridine rings is 1. The lowest BCUT2D eigenvalue weighted by molar-refractivity contribution is 0.0930. The van der Waals surface area contributed by atoms with Crippen molar-refractivity contribution in [3.8, 4) is 0 Å². The van der Waals surface area contributed by atoms with Gasteiger partial charge in [-0.05, 0) is 56.9 Å². The third-order valence-electron chi connectivity index (χ3n) is 4.48. The first kappa shape index (κ1) is 17.9. The molecule has 3 rings (SSSR count). The summed E-state index contributed by atoms with van der Waals surface area (Å²) >= 11 is 1.73. The summed E-state index contributed by atoms with van der Waals surface area (Å²) in [5, 5.41) is 2.88.